The van der Waals surface area contributed by atoms with Gasteiger partial charge in [0.1, 0.15) is 12.4 Å². The maximum absolute atomic E-state index is 12.6. The maximum atomic E-state index is 12.6. The number of carbonyl (C=O) groups is 2. The van der Waals surface area contributed by atoms with Gasteiger partial charge in [-0.3, -0.25) is 30.0 Å². The number of imide groups is 1. The van der Waals surface area contributed by atoms with E-state index >= 15 is 0 Å². The van der Waals surface area contributed by atoms with Crippen LogP contribution in [0.25, 0.3) is 0 Å². The molecule has 0 bridgehead atoms. The molecule has 0 radical (unpaired) electrons. The third kappa shape index (κ3) is 4.66. The summed E-state index contributed by atoms with van der Waals surface area (Å²) >= 11 is 0. The fourth-order valence-electron chi connectivity index (χ4n) is 5.54. The maximum Gasteiger partial charge on any atom is 0.258 e. The summed E-state index contributed by atoms with van der Waals surface area (Å²) in [5.41, 5.74) is -0.466. The number of carbonyl (C=O) groups excluding carboxylic acids is 2. The van der Waals surface area contributed by atoms with Crippen molar-refractivity contribution in [1.82, 2.24) is 25.3 Å². The highest BCUT2D eigenvalue weighted by Gasteiger charge is 2.51. The van der Waals surface area contributed by atoms with Crippen molar-refractivity contribution >= 4 is 11.8 Å². The van der Waals surface area contributed by atoms with Crippen molar-refractivity contribution in [2.45, 2.75) is 63.8 Å². The summed E-state index contributed by atoms with van der Waals surface area (Å²) in [5, 5.41) is 17.6. The molecule has 0 aromatic heterocycles. The summed E-state index contributed by atoms with van der Waals surface area (Å²) in [5.74, 6) is -0.437. The molecule has 2 amide bonds. The van der Waals surface area contributed by atoms with E-state index in [0.717, 1.165) is 84.3 Å². The van der Waals surface area contributed by atoms with Crippen molar-refractivity contribution in [2.24, 2.45) is 5.41 Å². The van der Waals surface area contributed by atoms with Gasteiger partial charge in [0.15, 0.2) is 0 Å². The first-order chi connectivity index (χ1) is 14.1. The third-order valence-electron chi connectivity index (χ3n) is 7.39. The molecule has 1 spiro atoms. The largest absolute Gasteiger partial charge is 0.383 e. The van der Waals surface area contributed by atoms with Gasteiger partial charge in [0, 0.05) is 44.6 Å². The quantitative estimate of drug-likeness (QED) is 0.420. The monoisotopic (exact) mass is 407 g/mol. The molecule has 4 fully saturated rings. The Balaban J connectivity index is 1.16. The van der Waals surface area contributed by atoms with Crippen LogP contribution in [0.15, 0.2) is 0 Å². The lowest BCUT2D eigenvalue weighted by molar-refractivity contribution is -0.166. The fraction of sp³-hybridized carbons (Fsp3) is 0.905. The smallest absolute Gasteiger partial charge is 0.258 e. The van der Waals surface area contributed by atoms with Crippen LogP contribution in [-0.4, -0.2) is 96.4 Å². The summed E-state index contributed by atoms with van der Waals surface area (Å²) in [4.78, 5) is 31.4. The molecule has 8 nitrogen and oxygen atoms in total. The molecule has 1 aliphatic carbocycles. The predicted molar refractivity (Wildman–Crippen MR) is 110 cm³/mol. The minimum atomic E-state index is -0.988. The Morgan fingerprint density at radius 2 is 1.59 bits per heavy atom. The Labute approximate surface area is 174 Å². The minimum Gasteiger partial charge on any atom is -0.383 e. The second kappa shape index (κ2) is 9.39. The lowest BCUT2D eigenvalue weighted by atomic mass is 9.74. The molecule has 164 valence electrons. The number of hydrogen-bond acceptors (Lipinski definition) is 7. The van der Waals surface area contributed by atoms with Gasteiger partial charge in [0.25, 0.3) is 5.91 Å². The standard InChI is InChI=1S/C21H37N5O3/c27-17-16-21(6-1-2-7-21)18(28)19(29)26(17)11-4-3-10-24-12-14-25(15-13-24)20-22-8-5-9-23-20/h18,20,22-23,28H,1-16H2/t18-/m0/s1. The number of nitrogens with zero attached hydrogens (tertiary/aromatic N) is 3. The highest BCUT2D eigenvalue weighted by Crippen LogP contribution is 2.47. The van der Waals surface area contributed by atoms with Crippen molar-refractivity contribution in [2.75, 3.05) is 52.4 Å². The summed E-state index contributed by atoms with van der Waals surface area (Å²) in [6.45, 7) is 7.85. The average molecular weight is 408 g/mol. The first-order valence-corrected chi connectivity index (χ1v) is 11.5. The second-order valence-corrected chi connectivity index (χ2v) is 9.28. The van der Waals surface area contributed by atoms with E-state index in [9.17, 15) is 14.7 Å². The molecule has 0 aromatic rings. The minimum absolute atomic E-state index is 0.0803. The molecule has 3 heterocycles. The topological polar surface area (TPSA) is 88.2 Å². The number of likely N-dealkylation sites (tertiary alicyclic amines) is 1. The number of aliphatic hydroxyl groups is 1. The third-order valence-corrected chi connectivity index (χ3v) is 7.39. The van der Waals surface area contributed by atoms with E-state index in [4.69, 9.17) is 0 Å². The van der Waals surface area contributed by atoms with Crippen molar-refractivity contribution < 1.29 is 14.7 Å². The Morgan fingerprint density at radius 1 is 0.931 bits per heavy atom. The van der Waals surface area contributed by atoms with Crippen LogP contribution in [0.3, 0.4) is 0 Å². The van der Waals surface area contributed by atoms with Crippen molar-refractivity contribution in [3.8, 4) is 0 Å². The molecule has 3 aliphatic heterocycles. The molecule has 1 atom stereocenters. The molecule has 3 N–H and O–H groups in total. The van der Waals surface area contributed by atoms with Crippen LogP contribution in [0.5, 0.6) is 0 Å². The van der Waals surface area contributed by atoms with Crippen LogP contribution in [-0.2, 0) is 9.59 Å². The zero-order valence-electron chi connectivity index (χ0n) is 17.6. The molecule has 0 aromatic carbocycles. The number of aliphatic hydroxyl groups excluding tert-OH is 1. The predicted octanol–water partition coefficient (Wildman–Crippen LogP) is -0.0691. The number of unbranched alkanes of at least 4 members (excludes halogenated alkanes) is 1. The summed E-state index contributed by atoms with van der Waals surface area (Å²) < 4.78 is 0. The van der Waals surface area contributed by atoms with Crippen LogP contribution in [0.4, 0.5) is 0 Å². The zero-order valence-corrected chi connectivity index (χ0v) is 17.6. The lowest BCUT2D eigenvalue weighted by Gasteiger charge is -2.42. The van der Waals surface area contributed by atoms with E-state index in [2.05, 4.69) is 20.4 Å². The van der Waals surface area contributed by atoms with Crippen LogP contribution < -0.4 is 10.6 Å². The fourth-order valence-corrected chi connectivity index (χ4v) is 5.54. The molecule has 29 heavy (non-hydrogen) atoms. The molecule has 4 rings (SSSR count). The summed E-state index contributed by atoms with van der Waals surface area (Å²) in [6.07, 6.45) is 6.27. The second-order valence-electron chi connectivity index (χ2n) is 9.28. The highest BCUT2D eigenvalue weighted by atomic mass is 16.3. The number of rotatable bonds is 6. The van der Waals surface area contributed by atoms with E-state index in [1.165, 1.54) is 11.3 Å². The van der Waals surface area contributed by atoms with Crippen LogP contribution >= 0.6 is 0 Å². The van der Waals surface area contributed by atoms with E-state index in [1.54, 1.807) is 0 Å². The number of piperazine rings is 1. The van der Waals surface area contributed by atoms with Gasteiger partial charge in [0.05, 0.1) is 0 Å². The van der Waals surface area contributed by atoms with Gasteiger partial charge in [-0.15, -0.1) is 0 Å². The average Bonchev–Trinajstić information content (AvgIpc) is 3.22. The van der Waals surface area contributed by atoms with Gasteiger partial charge in [-0.2, -0.15) is 0 Å². The first-order valence-electron chi connectivity index (χ1n) is 11.5. The van der Waals surface area contributed by atoms with Crippen LogP contribution in [0, 0.1) is 5.41 Å². The number of nitrogens with one attached hydrogen (secondary N) is 2. The first kappa shape index (κ1) is 21.2. The Bertz CT molecular complexity index is 581. The van der Waals surface area contributed by atoms with Crippen LogP contribution in [0.2, 0.25) is 0 Å². The van der Waals surface area contributed by atoms with E-state index < -0.39 is 11.5 Å². The van der Waals surface area contributed by atoms with Crippen molar-refractivity contribution in [3.63, 3.8) is 0 Å². The number of amides is 2. The lowest BCUT2D eigenvalue weighted by Crippen LogP contribution is -2.62. The molecular weight excluding hydrogens is 370 g/mol. The molecular formula is C21H37N5O3. The summed E-state index contributed by atoms with van der Waals surface area (Å²) in [7, 11) is 0. The number of hydrogen-bond donors (Lipinski definition) is 3. The van der Waals surface area contributed by atoms with Gasteiger partial charge in [0.2, 0.25) is 5.91 Å². The van der Waals surface area contributed by atoms with Crippen molar-refractivity contribution in [1.29, 1.82) is 0 Å². The Kier molecular flexibility index (Phi) is 6.86. The molecule has 1 saturated carbocycles. The van der Waals surface area contributed by atoms with Gasteiger partial charge >= 0.3 is 0 Å². The normalized spacial score (nSPS) is 29.8. The zero-order chi connectivity index (χ0) is 20.3. The Hall–Kier alpha value is -1.06. The van der Waals surface area contributed by atoms with E-state index in [-0.39, 0.29) is 11.8 Å². The number of piperidine rings is 1. The molecule has 3 saturated heterocycles. The van der Waals surface area contributed by atoms with Gasteiger partial charge in [-0.05, 0) is 51.7 Å². The van der Waals surface area contributed by atoms with E-state index in [1.807, 2.05) is 0 Å². The van der Waals surface area contributed by atoms with Gasteiger partial charge in [-0.25, -0.2) is 0 Å². The van der Waals surface area contributed by atoms with E-state index in [0.29, 0.717) is 19.3 Å². The molecule has 0 unspecified atom stereocenters. The SMILES string of the molecule is O=C1CC2(CCCC2)[C@@H](O)C(=O)N1CCCCN1CCN(C2NCCCN2)CC1. The van der Waals surface area contributed by atoms with Crippen LogP contribution in [0.1, 0.15) is 51.4 Å². The Morgan fingerprint density at radius 3 is 2.28 bits per heavy atom. The molecule has 4 aliphatic rings. The van der Waals surface area contributed by atoms with Gasteiger partial charge in [-0.1, -0.05) is 12.8 Å². The van der Waals surface area contributed by atoms with Gasteiger partial charge < -0.3 is 10.0 Å². The highest BCUT2D eigenvalue weighted by molar-refractivity contribution is 6.01. The summed E-state index contributed by atoms with van der Waals surface area (Å²) in [6, 6.07) is 0. The van der Waals surface area contributed by atoms with Crippen molar-refractivity contribution in [3.05, 3.63) is 0 Å². The molecule has 8 heteroatoms.